The van der Waals surface area contributed by atoms with Gasteiger partial charge in [0.2, 0.25) is 17.5 Å². The standard InChI is InChI=1S/C35H35ClN6O6S/c1-35(2,3)24-12-16-26(17-13-24)49(44,45)42-31-30(48-28-9-6-5-8-27(28)46-4)34(41-33(40-31)32-37-19-7-20-38-32)47-21-18-29(43)39-22-23-10-14-25(36)15-11-23/h5-17,19-20H,18,21-22H2,1-4H3,(H,39,43)(H,40,41,42). The summed E-state index contributed by atoms with van der Waals surface area (Å²) < 4.78 is 47.8. The number of carbonyl (C=O) groups excluding carboxylic acids is 1. The summed E-state index contributed by atoms with van der Waals surface area (Å²) in [6.45, 7) is 6.27. The summed E-state index contributed by atoms with van der Waals surface area (Å²) in [7, 11) is -2.74. The zero-order valence-electron chi connectivity index (χ0n) is 27.3. The van der Waals surface area contributed by atoms with Crippen molar-refractivity contribution in [3.63, 3.8) is 0 Å². The van der Waals surface area contributed by atoms with Crippen LogP contribution in [0.2, 0.25) is 5.02 Å². The molecule has 2 heterocycles. The van der Waals surface area contributed by atoms with Gasteiger partial charge in [-0.3, -0.25) is 9.52 Å². The molecule has 2 N–H and O–H groups in total. The maximum absolute atomic E-state index is 13.8. The summed E-state index contributed by atoms with van der Waals surface area (Å²) in [6, 6.07) is 22.1. The number of nitrogens with one attached hydrogen (secondary N) is 2. The fraction of sp³-hybridized carbons (Fsp3) is 0.229. The second kappa shape index (κ2) is 15.3. The maximum atomic E-state index is 13.8. The Balaban J connectivity index is 1.50. The summed E-state index contributed by atoms with van der Waals surface area (Å²) in [6.07, 6.45) is 2.94. The second-order valence-electron chi connectivity index (χ2n) is 11.7. The number of benzene rings is 3. The highest BCUT2D eigenvalue weighted by molar-refractivity contribution is 7.92. The van der Waals surface area contributed by atoms with Gasteiger partial charge < -0.3 is 19.5 Å². The molecule has 1 amide bonds. The van der Waals surface area contributed by atoms with Crippen LogP contribution in [0.1, 0.15) is 38.3 Å². The van der Waals surface area contributed by atoms with Crippen LogP contribution < -0.4 is 24.2 Å². The molecular formula is C35H35ClN6O6S. The van der Waals surface area contributed by atoms with Gasteiger partial charge in [0.05, 0.1) is 25.0 Å². The molecule has 5 aromatic rings. The molecule has 0 aliphatic carbocycles. The van der Waals surface area contributed by atoms with Crippen LogP contribution in [0.5, 0.6) is 23.1 Å². The highest BCUT2D eigenvalue weighted by Crippen LogP contribution is 2.41. The van der Waals surface area contributed by atoms with Crippen LogP contribution in [-0.4, -0.2) is 48.0 Å². The molecule has 0 saturated heterocycles. The third kappa shape index (κ3) is 9.21. The van der Waals surface area contributed by atoms with Gasteiger partial charge in [0.25, 0.3) is 15.9 Å². The zero-order chi connectivity index (χ0) is 35.0. The summed E-state index contributed by atoms with van der Waals surface area (Å²) in [4.78, 5) is 30.1. The lowest BCUT2D eigenvalue weighted by atomic mass is 9.87. The second-order valence-corrected chi connectivity index (χ2v) is 13.9. The number of carbonyl (C=O) groups is 1. The van der Waals surface area contributed by atoms with E-state index in [2.05, 4.69) is 30.0 Å². The van der Waals surface area contributed by atoms with Gasteiger partial charge in [-0.05, 0) is 59.0 Å². The molecule has 0 spiro atoms. The predicted octanol–water partition coefficient (Wildman–Crippen LogP) is 6.57. The lowest BCUT2D eigenvalue weighted by Crippen LogP contribution is -2.24. The van der Waals surface area contributed by atoms with Gasteiger partial charge in [-0.15, -0.1) is 0 Å². The SMILES string of the molecule is COc1ccccc1Oc1c(NS(=O)(=O)c2ccc(C(C)(C)C)cc2)nc(-c2ncccn2)nc1OCCC(=O)NCc1ccc(Cl)cc1. The molecular weight excluding hydrogens is 668 g/mol. The molecule has 0 bridgehead atoms. The number of anilines is 1. The number of amides is 1. The number of para-hydroxylation sites is 2. The van der Waals surface area contributed by atoms with Crippen LogP contribution in [0.25, 0.3) is 11.6 Å². The van der Waals surface area contributed by atoms with E-state index in [1.807, 2.05) is 32.9 Å². The topological polar surface area (TPSA) is 155 Å². The maximum Gasteiger partial charge on any atom is 0.263 e. The number of ether oxygens (including phenoxy) is 3. The Morgan fingerprint density at radius 1 is 0.857 bits per heavy atom. The first-order valence-electron chi connectivity index (χ1n) is 15.2. The summed E-state index contributed by atoms with van der Waals surface area (Å²) in [5, 5.41) is 3.43. The van der Waals surface area contributed by atoms with Crippen molar-refractivity contribution in [1.82, 2.24) is 25.3 Å². The molecule has 0 fully saturated rings. The number of sulfonamides is 1. The molecule has 5 rings (SSSR count). The number of methoxy groups -OCH3 is 1. The van der Waals surface area contributed by atoms with Gasteiger partial charge in [-0.2, -0.15) is 4.98 Å². The van der Waals surface area contributed by atoms with Crippen molar-refractivity contribution < 1.29 is 27.4 Å². The average Bonchev–Trinajstić information content (AvgIpc) is 3.09. The molecule has 0 aliphatic rings. The molecule has 0 atom stereocenters. The highest BCUT2D eigenvalue weighted by atomic mass is 35.5. The van der Waals surface area contributed by atoms with Crippen molar-refractivity contribution >= 4 is 33.3 Å². The molecule has 254 valence electrons. The Hall–Kier alpha value is -5.27. The Bertz CT molecular complexity index is 2010. The number of hydrogen-bond acceptors (Lipinski definition) is 10. The average molecular weight is 703 g/mol. The van der Waals surface area contributed by atoms with Crippen LogP contribution in [0.3, 0.4) is 0 Å². The van der Waals surface area contributed by atoms with E-state index in [0.29, 0.717) is 17.3 Å². The minimum atomic E-state index is -4.21. The third-order valence-electron chi connectivity index (χ3n) is 7.11. The van der Waals surface area contributed by atoms with Gasteiger partial charge in [0.1, 0.15) is 0 Å². The van der Waals surface area contributed by atoms with Crippen LogP contribution in [0.15, 0.2) is 96.2 Å². The van der Waals surface area contributed by atoms with Gasteiger partial charge in [-0.25, -0.2) is 23.4 Å². The smallest absolute Gasteiger partial charge is 0.263 e. The number of halogens is 1. The van der Waals surface area contributed by atoms with Gasteiger partial charge in [0, 0.05) is 24.0 Å². The normalized spacial score (nSPS) is 11.4. The fourth-order valence-corrected chi connectivity index (χ4v) is 5.60. The summed E-state index contributed by atoms with van der Waals surface area (Å²) in [5.41, 5.74) is 1.66. The minimum absolute atomic E-state index is 0.000285. The van der Waals surface area contributed by atoms with Gasteiger partial charge >= 0.3 is 0 Å². The molecule has 3 aromatic carbocycles. The zero-order valence-corrected chi connectivity index (χ0v) is 28.9. The molecule has 0 saturated carbocycles. The minimum Gasteiger partial charge on any atom is -0.493 e. The van der Waals surface area contributed by atoms with Crippen LogP contribution >= 0.6 is 11.6 Å². The van der Waals surface area contributed by atoms with Crippen molar-refractivity contribution in [2.24, 2.45) is 0 Å². The molecule has 0 unspecified atom stereocenters. The van der Waals surface area contributed by atoms with E-state index in [0.717, 1.165) is 11.1 Å². The Morgan fingerprint density at radius 2 is 1.53 bits per heavy atom. The predicted molar refractivity (Wildman–Crippen MR) is 185 cm³/mol. The van der Waals surface area contributed by atoms with Gasteiger partial charge in [0.15, 0.2) is 23.1 Å². The van der Waals surface area contributed by atoms with Crippen molar-refractivity contribution in [3.8, 4) is 34.8 Å². The first-order chi connectivity index (χ1) is 23.4. The van der Waals surface area contributed by atoms with E-state index in [1.54, 1.807) is 54.6 Å². The summed E-state index contributed by atoms with van der Waals surface area (Å²) >= 11 is 5.95. The molecule has 0 aliphatic heterocycles. The largest absolute Gasteiger partial charge is 0.493 e. The Morgan fingerprint density at radius 3 is 2.18 bits per heavy atom. The van der Waals surface area contributed by atoms with Crippen molar-refractivity contribution in [3.05, 3.63) is 107 Å². The number of aromatic nitrogens is 4. The molecule has 49 heavy (non-hydrogen) atoms. The highest BCUT2D eigenvalue weighted by Gasteiger charge is 2.26. The van der Waals surface area contributed by atoms with E-state index < -0.39 is 10.0 Å². The number of rotatable bonds is 13. The van der Waals surface area contributed by atoms with Crippen molar-refractivity contribution in [1.29, 1.82) is 0 Å². The quantitative estimate of drug-likeness (QED) is 0.138. The van der Waals surface area contributed by atoms with Crippen molar-refractivity contribution in [2.45, 2.75) is 44.0 Å². The van der Waals surface area contributed by atoms with E-state index in [9.17, 15) is 13.2 Å². The van der Waals surface area contributed by atoms with Gasteiger partial charge in [-0.1, -0.05) is 68.8 Å². The fourth-order valence-electron chi connectivity index (χ4n) is 4.47. The van der Waals surface area contributed by atoms with Crippen LogP contribution in [0.4, 0.5) is 5.82 Å². The van der Waals surface area contributed by atoms with E-state index in [4.69, 9.17) is 25.8 Å². The first kappa shape index (κ1) is 35.0. The summed E-state index contributed by atoms with van der Waals surface area (Å²) in [5.74, 6) is -0.207. The third-order valence-corrected chi connectivity index (χ3v) is 8.72. The molecule has 2 aromatic heterocycles. The monoisotopic (exact) mass is 702 g/mol. The number of hydrogen-bond donors (Lipinski definition) is 2. The van der Waals surface area contributed by atoms with E-state index >= 15 is 0 Å². The Kier molecular flexibility index (Phi) is 10.9. The first-order valence-corrected chi connectivity index (χ1v) is 17.1. The molecule has 14 heteroatoms. The lowest BCUT2D eigenvalue weighted by Gasteiger charge is -2.20. The van der Waals surface area contributed by atoms with Crippen LogP contribution in [-0.2, 0) is 26.8 Å². The van der Waals surface area contributed by atoms with Crippen molar-refractivity contribution in [2.75, 3.05) is 18.4 Å². The van der Waals surface area contributed by atoms with E-state index in [-0.39, 0.29) is 64.1 Å². The van der Waals surface area contributed by atoms with E-state index in [1.165, 1.54) is 31.6 Å². The number of nitrogens with zero attached hydrogens (tertiary/aromatic N) is 4. The Labute approximate surface area is 289 Å². The lowest BCUT2D eigenvalue weighted by molar-refractivity contribution is -0.121. The molecule has 12 nitrogen and oxygen atoms in total. The molecule has 0 radical (unpaired) electrons. The van der Waals surface area contributed by atoms with Crippen LogP contribution in [0, 0.1) is 0 Å².